The number of alkyl carbamates (subject to hydrolysis) is 1. The Bertz CT molecular complexity index is 1620. The number of ether oxygens (including phenoxy) is 1. The molecule has 1 heterocycles. The Balaban J connectivity index is 1.68. The van der Waals surface area contributed by atoms with Crippen molar-refractivity contribution in [2.45, 2.75) is 51.4 Å². The first kappa shape index (κ1) is 31.5. The third-order valence-electron chi connectivity index (χ3n) is 6.96. The minimum Gasteiger partial charge on any atom is -0.444 e. The van der Waals surface area contributed by atoms with Crippen LogP contribution in [0.25, 0.3) is 0 Å². The summed E-state index contributed by atoms with van der Waals surface area (Å²) in [5.74, 6) is -0.700. The van der Waals surface area contributed by atoms with Gasteiger partial charge in [-0.15, -0.1) is 0 Å². The van der Waals surface area contributed by atoms with Crippen molar-refractivity contribution in [2.75, 3.05) is 4.90 Å². The van der Waals surface area contributed by atoms with Crippen molar-refractivity contribution in [3.63, 3.8) is 0 Å². The summed E-state index contributed by atoms with van der Waals surface area (Å²) in [4.78, 5) is 29.9. The maximum atomic E-state index is 15.5. The molecule has 0 radical (unpaired) electrons. The van der Waals surface area contributed by atoms with Gasteiger partial charge in [-0.2, -0.15) is 0 Å². The van der Waals surface area contributed by atoms with Crippen LogP contribution in [0, 0.1) is 0 Å². The summed E-state index contributed by atoms with van der Waals surface area (Å²) in [6.07, 6.45) is -0.967. The number of fused-ring (bicyclic) bond motifs is 1. The van der Waals surface area contributed by atoms with Crippen LogP contribution in [0.2, 0.25) is 5.02 Å². The zero-order chi connectivity index (χ0) is 31.4. The standard InChI is InChI=1S/C34H34ClN2O6P/c1-33(2,3)43-32(39)36-34(29-21-28(35)19-20-30(29)37(31(34)38)22-25-13-7-4-8-14-25)44(40,41-23-26-15-9-5-10-16-26)42-24-27-17-11-6-12-18-27/h4-21H,22-24H2,1-3H3,(H,36,39)/t34-/m1/s1. The van der Waals surface area contributed by atoms with Crippen LogP contribution >= 0.6 is 19.2 Å². The molecule has 228 valence electrons. The van der Waals surface area contributed by atoms with Crippen molar-refractivity contribution >= 4 is 36.9 Å². The molecule has 0 aromatic heterocycles. The van der Waals surface area contributed by atoms with E-state index < -0.39 is 30.5 Å². The van der Waals surface area contributed by atoms with Gasteiger partial charge in [-0.05, 0) is 55.7 Å². The minimum atomic E-state index is -4.66. The zero-order valence-electron chi connectivity index (χ0n) is 24.7. The van der Waals surface area contributed by atoms with E-state index in [4.69, 9.17) is 25.4 Å². The van der Waals surface area contributed by atoms with Gasteiger partial charge in [-0.3, -0.25) is 14.7 Å². The molecule has 10 heteroatoms. The van der Waals surface area contributed by atoms with E-state index >= 15 is 4.57 Å². The molecule has 1 aliphatic heterocycles. The maximum Gasteiger partial charge on any atom is 0.409 e. The molecule has 4 aromatic carbocycles. The largest absolute Gasteiger partial charge is 0.444 e. The van der Waals surface area contributed by atoms with Gasteiger partial charge in [0.05, 0.1) is 25.4 Å². The van der Waals surface area contributed by atoms with Crippen molar-refractivity contribution in [1.29, 1.82) is 0 Å². The van der Waals surface area contributed by atoms with E-state index in [1.165, 1.54) is 11.0 Å². The van der Waals surface area contributed by atoms with Crippen LogP contribution in [-0.4, -0.2) is 17.6 Å². The number of hydrogen-bond acceptors (Lipinski definition) is 6. The molecule has 1 aliphatic rings. The number of nitrogens with zero attached hydrogens (tertiary/aromatic N) is 1. The Labute approximate surface area is 262 Å². The fourth-order valence-electron chi connectivity index (χ4n) is 4.98. The highest BCUT2D eigenvalue weighted by molar-refractivity contribution is 7.56. The van der Waals surface area contributed by atoms with Crippen molar-refractivity contribution in [3.8, 4) is 0 Å². The molecule has 0 fully saturated rings. The monoisotopic (exact) mass is 632 g/mol. The first-order valence-electron chi connectivity index (χ1n) is 14.1. The lowest BCUT2D eigenvalue weighted by atomic mass is 10.1. The highest BCUT2D eigenvalue weighted by Crippen LogP contribution is 2.69. The van der Waals surface area contributed by atoms with E-state index in [9.17, 15) is 9.59 Å². The number of rotatable bonds is 10. The molecule has 0 bridgehead atoms. The quantitative estimate of drug-likeness (QED) is 0.177. The molecule has 0 saturated heterocycles. The molecule has 44 heavy (non-hydrogen) atoms. The van der Waals surface area contributed by atoms with Crippen molar-refractivity contribution < 1.29 is 27.9 Å². The SMILES string of the molecule is CC(C)(C)OC(=O)N[C@]1(P(=O)(OCc2ccccc2)OCc2ccccc2)C(=O)N(Cc2ccccc2)c2ccc(Cl)cc21. The van der Waals surface area contributed by atoms with Crippen LogP contribution in [-0.2, 0) is 48.2 Å². The maximum absolute atomic E-state index is 15.5. The highest BCUT2D eigenvalue weighted by atomic mass is 35.5. The fourth-order valence-corrected chi connectivity index (χ4v) is 7.31. The Morgan fingerprint density at radius 1 is 0.818 bits per heavy atom. The minimum absolute atomic E-state index is 0.128. The van der Waals surface area contributed by atoms with Gasteiger partial charge in [0.1, 0.15) is 5.60 Å². The van der Waals surface area contributed by atoms with Crippen LogP contribution in [0.5, 0.6) is 0 Å². The number of carbonyl (C=O) groups is 2. The number of benzene rings is 4. The van der Waals surface area contributed by atoms with E-state index in [1.54, 1.807) is 57.2 Å². The number of amides is 2. The average Bonchev–Trinajstić information content (AvgIpc) is 3.22. The third-order valence-corrected chi connectivity index (χ3v) is 9.50. The van der Waals surface area contributed by atoms with Crippen LogP contribution in [0.3, 0.4) is 0 Å². The lowest BCUT2D eigenvalue weighted by Crippen LogP contribution is -2.54. The lowest BCUT2D eigenvalue weighted by molar-refractivity contribution is -0.122. The summed E-state index contributed by atoms with van der Waals surface area (Å²) < 4.78 is 33.5. The summed E-state index contributed by atoms with van der Waals surface area (Å²) in [6, 6.07) is 32.4. The van der Waals surface area contributed by atoms with E-state index in [0.717, 1.165) is 5.56 Å². The van der Waals surface area contributed by atoms with Crippen LogP contribution in [0.1, 0.15) is 43.0 Å². The zero-order valence-corrected chi connectivity index (χ0v) is 26.4. The predicted molar refractivity (Wildman–Crippen MR) is 170 cm³/mol. The fraction of sp³-hybridized carbons (Fsp3) is 0.235. The van der Waals surface area contributed by atoms with Crippen LogP contribution in [0.15, 0.2) is 109 Å². The summed E-state index contributed by atoms with van der Waals surface area (Å²) in [5.41, 5.74) is 1.88. The van der Waals surface area contributed by atoms with Crippen LogP contribution < -0.4 is 10.2 Å². The lowest BCUT2D eigenvalue weighted by Gasteiger charge is -2.36. The highest BCUT2D eigenvalue weighted by Gasteiger charge is 2.66. The topological polar surface area (TPSA) is 94.2 Å². The molecule has 8 nitrogen and oxygen atoms in total. The Morgan fingerprint density at radius 2 is 1.32 bits per heavy atom. The molecule has 1 N–H and O–H groups in total. The molecule has 0 saturated carbocycles. The predicted octanol–water partition coefficient (Wildman–Crippen LogP) is 8.19. The van der Waals surface area contributed by atoms with Gasteiger partial charge in [0.15, 0.2) is 0 Å². The normalized spacial score (nSPS) is 16.5. The van der Waals surface area contributed by atoms with E-state index in [1.807, 2.05) is 66.7 Å². The number of anilines is 1. The molecule has 5 rings (SSSR count). The molecule has 0 unspecified atom stereocenters. The molecule has 4 aromatic rings. The summed E-state index contributed by atoms with van der Waals surface area (Å²) in [5, 5.41) is 0.631. The Morgan fingerprint density at radius 3 is 1.82 bits per heavy atom. The summed E-state index contributed by atoms with van der Waals surface area (Å²) >= 11 is 6.50. The second-order valence-corrected chi connectivity index (χ2v) is 14.0. The molecule has 1 atom stereocenters. The smallest absolute Gasteiger partial charge is 0.409 e. The molecule has 0 aliphatic carbocycles. The molecule has 0 spiro atoms. The molecular weight excluding hydrogens is 599 g/mol. The molecular formula is C34H34ClN2O6P. The van der Waals surface area contributed by atoms with E-state index in [-0.39, 0.29) is 30.3 Å². The van der Waals surface area contributed by atoms with Gasteiger partial charge in [-0.25, -0.2) is 4.79 Å². The number of halogens is 1. The van der Waals surface area contributed by atoms with Crippen molar-refractivity contribution in [1.82, 2.24) is 5.32 Å². The first-order chi connectivity index (χ1) is 21.0. The Kier molecular flexibility index (Phi) is 9.28. The second kappa shape index (κ2) is 13.0. The van der Waals surface area contributed by atoms with E-state index in [0.29, 0.717) is 16.8 Å². The number of nitrogens with one attached hydrogen (secondary N) is 1. The first-order valence-corrected chi connectivity index (χ1v) is 16.1. The summed E-state index contributed by atoms with van der Waals surface area (Å²) in [6.45, 7) is 4.89. The van der Waals surface area contributed by atoms with Gasteiger partial charge < -0.3 is 18.7 Å². The average molecular weight is 633 g/mol. The van der Waals surface area contributed by atoms with Gasteiger partial charge in [0, 0.05) is 10.6 Å². The van der Waals surface area contributed by atoms with Crippen molar-refractivity contribution in [3.05, 3.63) is 136 Å². The third kappa shape index (κ3) is 6.74. The Hall–Kier alpha value is -3.94. The number of hydrogen-bond donors (Lipinski definition) is 1. The molecule has 2 amide bonds. The van der Waals surface area contributed by atoms with E-state index in [2.05, 4.69) is 5.32 Å². The van der Waals surface area contributed by atoms with Gasteiger partial charge >= 0.3 is 13.7 Å². The van der Waals surface area contributed by atoms with Gasteiger partial charge in [0.2, 0.25) is 0 Å². The number of carbonyl (C=O) groups excluding carboxylic acids is 2. The van der Waals surface area contributed by atoms with Gasteiger partial charge in [-0.1, -0.05) is 103 Å². The van der Waals surface area contributed by atoms with Gasteiger partial charge in [0.25, 0.3) is 11.2 Å². The second-order valence-electron chi connectivity index (χ2n) is 11.4. The van der Waals surface area contributed by atoms with Crippen LogP contribution in [0.4, 0.5) is 10.5 Å². The summed E-state index contributed by atoms with van der Waals surface area (Å²) in [7, 11) is -4.66. The van der Waals surface area contributed by atoms with Crippen molar-refractivity contribution in [2.24, 2.45) is 0 Å².